The van der Waals surface area contributed by atoms with E-state index in [-0.39, 0.29) is 11.9 Å². The molecule has 0 aromatic heterocycles. The van der Waals surface area contributed by atoms with Gasteiger partial charge in [-0.15, -0.1) is 0 Å². The van der Waals surface area contributed by atoms with Crippen LogP contribution in [0.3, 0.4) is 0 Å². The first-order valence-corrected chi connectivity index (χ1v) is 12.9. The number of rotatable bonds is 8. The largest absolute Gasteiger partial charge is 0.480 e. The van der Waals surface area contributed by atoms with Gasteiger partial charge in [0.2, 0.25) is 0 Å². The summed E-state index contributed by atoms with van der Waals surface area (Å²) >= 11 is 0. The summed E-state index contributed by atoms with van der Waals surface area (Å²) in [6, 6.07) is 11.1. The van der Waals surface area contributed by atoms with E-state index in [0.717, 1.165) is 71.5 Å². The minimum atomic E-state index is -0.490. The van der Waals surface area contributed by atoms with Crippen LogP contribution in [-0.4, -0.2) is 42.6 Å². The van der Waals surface area contributed by atoms with E-state index in [2.05, 4.69) is 40.5 Å². The van der Waals surface area contributed by atoms with Gasteiger partial charge >= 0.3 is 0 Å². The van der Waals surface area contributed by atoms with Crippen molar-refractivity contribution in [1.82, 2.24) is 10.2 Å². The molecule has 2 fully saturated rings. The van der Waals surface area contributed by atoms with Gasteiger partial charge in [0.15, 0.2) is 6.10 Å². The second kappa shape index (κ2) is 10.4. The van der Waals surface area contributed by atoms with Crippen molar-refractivity contribution in [3.05, 3.63) is 58.1 Å². The Morgan fingerprint density at radius 1 is 1.06 bits per heavy atom. The summed E-state index contributed by atoms with van der Waals surface area (Å²) in [4.78, 5) is 15.7. The van der Waals surface area contributed by atoms with Crippen LogP contribution in [0.25, 0.3) is 0 Å². The van der Waals surface area contributed by atoms with E-state index in [1.54, 1.807) is 0 Å². The molecule has 1 amide bonds. The van der Waals surface area contributed by atoms with Gasteiger partial charge in [-0.2, -0.15) is 0 Å². The van der Waals surface area contributed by atoms with E-state index in [9.17, 15) is 4.79 Å². The molecule has 1 heterocycles. The fourth-order valence-electron chi connectivity index (χ4n) is 5.39. The van der Waals surface area contributed by atoms with Gasteiger partial charge in [0.05, 0.1) is 0 Å². The number of carbonyl (C=O) groups excluding carboxylic acids is 1. The molecular weight excluding hydrogens is 422 g/mol. The average molecular weight is 464 g/mol. The van der Waals surface area contributed by atoms with Crippen molar-refractivity contribution in [2.45, 2.75) is 78.4 Å². The van der Waals surface area contributed by atoms with E-state index in [1.165, 1.54) is 18.5 Å². The van der Waals surface area contributed by atoms with Gasteiger partial charge in [-0.3, -0.25) is 4.79 Å². The number of nitrogen functional groups attached to an aromatic ring is 1. The summed E-state index contributed by atoms with van der Waals surface area (Å²) < 4.78 is 6.30. The van der Waals surface area contributed by atoms with Crippen LogP contribution in [0.5, 0.6) is 5.75 Å². The summed E-state index contributed by atoms with van der Waals surface area (Å²) in [5, 5.41) is 3.28. The van der Waals surface area contributed by atoms with Crippen LogP contribution >= 0.6 is 0 Å². The molecule has 1 aliphatic heterocycles. The molecule has 1 saturated heterocycles. The molecule has 2 aliphatic rings. The molecule has 3 atom stereocenters. The molecule has 0 radical (unpaired) electrons. The highest BCUT2D eigenvalue weighted by molar-refractivity contribution is 5.81. The lowest BCUT2D eigenvalue weighted by Gasteiger charge is -2.33. The first-order chi connectivity index (χ1) is 16.3. The number of carbonyl (C=O) groups is 1. The van der Waals surface area contributed by atoms with Gasteiger partial charge in [-0.05, 0) is 93.0 Å². The van der Waals surface area contributed by atoms with E-state index >= 15 is 0 Å². The predicted octanol–water partition coefficient (Wildman–Crippen LogP) is 5.04. The Balaban J connectivity index is 1.27. The lowest BCUT2D eigenvalue weighted by molar-refractivity contribution is -0.129. The van der Waals surface area contributed by atoms with Gasteiger partial charge < -0.3 is 20.7 Å². The number of benzene rings is 2. The lowest BCUT2D eigenvalue weighted by atomic mass is 9.97. The normalized spacial score (nSPS) is 21.8. The Bertz CT molecular complexity index is 983. The number of nitrogens with zero attached hydrogens (tertiary/aromatic N) is 1. The fraction of sp³-hybridized carbons (Fsp3) is 0.552. The molecule has 3 N–H and O–H groups in total. The van der Waals surface area contributed by atoms with Gasteiger partial charge in [0, 0.05) is 31.4 Å². The van der Waals surface area contributed by atoms with E-state index in [0.29, 0.717) is 6.42 Å². The molecule has 4 rings (SSSR count). The highest BCUT2D eigenvalue weighted by Crippen LogP contribution is 2.47. The Kier molecular flexibility index (Phi) is 7.51. The first-order valence-electron chi connectivity index (χ1n) is 12.9. The number of nitrogens with one attached hydrogen (secondary N) is 1. The molecule has 1 aliphatic carbocycles. The molecule has 3 unspecified atom stereocenters. The number of nitrogens with two attached hydrogens (primary N) is 1. The monoisotopic (exact) mass is 463 g/mol. The Morgan fingerprint density at radius 3 is 2.26 bits per heavy atom. The molecule has 5 nitrogen and oxygen atoms in total. The van der Waals surface area contributed by atoms with E-state index in [4.69, 9.17) is 10.5 Å². The Labute approximate surface area is 205 Å². The molecule has 184 valence electrons. The maximum atomic E-state index is 13.1. The SMILES string of the molecule is CCC(Oc1c(C)c(C)c(N)c(C)c1C)C(=O)NC1CCN(CC2CC2c2ccccc2)CC1. The molecule has 34 heavy (non-hydrogen) atoms. The smallest absolute Gasteiger partial charge is 0.261 e. The number of hydrogen-bond acceptors (Lipinski definition) is 4. The summed E-state index contributed by atoms with van der Waals surface area (Å²) in [6.07, 6.45) is 3.45. The minimum Gasteiger partial charge on any atom is -0.480 e. The van der Waals surface area contributed by atoms with Crippen molar-refractivity contribution in [2.75, 3.05) is 25.4 Å². The van der Waals surface area contributed by atoms with Gasteiger partial charge in [0.1, 0.15) is 5.75 Å². The third kappa shape index (κ3) is 5.25. The fourth-order valence-corrected chi connectivity index (χ4v) is 5.39. The minimum absolute atomic E-state index is 0.00165. The molecular formula is C29H41N3O2. The average Bonchev–Trinajstić information content (AvgIpc) is 3.62. The van der Waals surface area contributed by atoms with Crippen LogP contribution in [0, 0.1) is 33.6 Å². The molecule has 0 bridgehead atoms. The zero-order valence-electron chi connectivity index (χ0n) is 21.5. The third-order valence-corrected chi connectivity index (χ3v) is 8.11. The molecule has 0 spiro atoms. The maximum Gasteiger partial charge on any atom is 0.261 e. The first kappa shape index (κ1) is 24.6. The Morgan fingerprint density at radius 2 is 1.68 bits per heavy atom. The third-order valence-electron chi connectivity index (χ3n) is 8.11. The molecule has 1 saturated carbocycles. The highest BCUT2D eigenvalue weighted by atomic mass is 16.5. The number of anilines is 1. The van der Waals surface area contributed by atoms with Crippen LogP contribution in [-0.2, 0) is 4.79 Å². The van der Waals surface area contributed by atoms with Gasteiger partial charge in [0.25, 0.3) is 5.91 Å². The predicted molar refractivity (Wildman–Crippen MR) is 139 cm³/mol. The number of likely N-dealkylation sites (tertiary alicyclic amines) is 1. The topological polar surface area (TPSA) is 67.6 Å². The van der Waals surface area contributed by atoms with Crippen LogP contribution in [0.4, 0.5) is 5.69 Å². The number of ether oxygens (including phenoxy) is 1. The Hall–Kier alpha value is -2.53. The number of piperidine rings is 1. The number of hydrogen-bond donors (Lipinski definition) is 2. The standard InChI is InChI=1S/C29H41N3O2/c1-6-26(34-28-20(4)18(2)27(30)19(3)21(28)5)29(33)31-24-12-14-32(15-13-24)17-23-16-25(23)22-10-8-7-9-11-22/h7-11,23-26H,6,12-17,30H2,1-5H3,(H,31,33). The molecule has 2 aromatic rings. The van der Waals surface area contributed by atoms with Crippen LogP contribution in [0.1, 0.15) is 66.3 Å². The zero-order valence-corrected chi connectivity index (χ0v) is 21.5. The lowest BCUT2D eigenvalue weighted by Crippen LogP contribution is -2.49. The van der Waals surface area contributed by atoms with Crippen LogP contribution in [0.2, 0.25) is 0 Å². The van der Waals surface area contributed by atoms with E-state index < -0.39 is 6.10 Å². The van der Waals surface area contributed by atoms with Crippen molar-refractivity contribution in [2.24, 2.45) is 5.92 Å². The van der Waals surface area contributed by atoms with E-state index in [1.807, 2.05) is 34.6 Å². The summed E-state index contributed by atoms with van der Waals surface area (Å²) in [5.41, 5.74) is 12.7. The van der Waals surface area contributed by atoms with Gasteiger partial charge in [-0.25, -0.2) is 0 Å². The van der Waals surface area contributed by atoms with Crippen molar-refractivity contribution < 1.29 is 9.53 Å². The quantitative estimate of drug-likeness (QED) is 0.538. The van der Waals surface area contributed by atoms with Crippen molar-refractivity contribution in [3.63, 3.8) is 0 Å². The molecule has 5 heteroatoms. The van der Waals surface area contributed by atoms with Crippen molar-refractivity contribution in [3.8, 4) is 5.75 Å². The highest BCUT2D eigenvalue weighted by Gasteiger charge is 2.39. The van der Waals surface area contributed by atoms with Crippen molar-refractivity contribution in [1.29, 1.82) is 0 Å². The summed E-state index contributed by atoms with van der Waals surface area (Å²) in [6.45, 7) is 13.4. The second-order valence-electron chi connectivity index (χ2n) is 10.4. The van der Waals surface area contributed by atoms with Crippen LogP contribution < -0.4 is 15.8 Å². The zero-order chi connectivity index (χ0) is 24.4. The maximum absolute atomic E-state index is 13.1. The van der Waals surface area contributed by atoms with Crippen LogP contribution in [0.15, 0.2) is 30.3 Å². The van der Waals surface area contributed by atoms with Crippen molar-refractivity contribution >= 4 is 11.6 Å². The summed E-state index contributed by atoms with van der Waals surface area (Å²) in [7, 11) is 0. The second-order valence-corrected chi connectivity index (χ2v) is 10.4. The van der Waals surface area contributed by atoms with Gasteiger partial charge in [-0.1, -0.05) is 37.3 Å². The number of amides is 1. The summed E-state index contributed by atoms with van der Waals surface area (Å²) in [5.74, 6) is 2.31. The molecule has 2 aromatic carbocycles.